The van der Waals surface area contributed by atoms with Crippen LogP contribution >= 0.6 is 11.6 Å². The SMILES string of the molecule is Cc1c(Cl)cccc1C(=O)Cc1ccncc1. The van der Waals surface area contributed by atoms with Crippen molar-refractivity contribution in [3.05, 3.63) is 64.4 Å². The Morgan fingerprint density at radius 2 is 1.94 bits per heavy atom. The van der Waals surface area contributed by atoms with E-state index in [4.69, 9.17) is 11.6 Å². The molecule has 1 heterocycles. The summed E-state index contributed by atoms with van der Waals surface area (Å²) in [7, 11) is 0. The van der Waals surface area contributed by atoms with Crippen LogP contribution in [-0.2, 0) is 6.42 Å². The van der Waals surface area contributed by atoms with E-state index < -0.39 is 0 Å². The van der Waals surface area contributed by atoms with Crippen molar-refractivity contribution in [2.45, 2.75) is 13.3 Å². The van der Waals surface area contributed by atoms with Gasteiger partial charge in [-0.15, -0.1) is 0 Å². The second kappa shape index (κ2) is 5.11. The molecule has 0 saturated heterocycles. The molecule has 0 bridgehead atoms. The van der Waals surface area contributed by atoms with Crippen molar-refractivity contribution < 1.29 is 4.79 Å². The highest BCUT2D eigenvalue weighted by Crippen LogP contribution is 2.20. The fourth-order valence-corrected chi connectivity index (χ4v) is 1.87. The normalized spacial score (nSPS) is 10.2. The van der Waals surface area contributed by atoms with Gasteiger partial charge in [0, 0.05) is 29.4 Å². The summed E-state index contributed by atoms with van der Waals surface area (Å²) in [4.78, 5) is 16.0. The van der Waals surface area contributed by atoms with Crippen LogP contribution in [0.3, 0.4) is 0 Å². The minimum atomic E-state index is 0.0798. The van der Waals surface area contributed by atoms with Crippen molar-refractivity contribution >= 4 is 17.4 Å². The Bertz CT molecular complexity index is 537. The summed E-state index contributed by atoms with van der Waals surface area (Å²) < 4.78 is 0. The van der Waals surface area contributed by atoms with E-state index in [-0.39, 0.29) is 5.78 Å². The molecule has 1 aromatic heterocycles. The van der Waals surface area contributed by atoms with Crippen LogP contribution < -0.4 is 0 Å². The topological polar surface area (TPSA) is 30.0 Å². The molecule has 2 aromatic rings. The number of hydrogen-bond donors (Lipinski definition) is 0. The van der Waals surface area contributed by atoms with E-state index in [1.54, 1.807) is 24.5 Å². The molecule has 1 aromatic carbocycles. The molecule has 0 aliphatic heterocycles. The third-order valence-corrected chi connectivity index (χ3v) is 3.09. The summed E-state index contributed by atoms with van der Waals surface area (Å²) in [5, 5.41) is 0.630. The molecule has 86 valence electrons. The average Bonchev–Trinajstić information content (AvgIpc) is 2.34. The van der Waals surface area contributed by atoms with Crippen LogP contribution in [0.4, 0.5) is 0 Å². The lowest BCUT2D eigenvalue weighted by Crippen LogP contribution is -2.05. The Morgan fingerprint density at radius 3 is 2.65 bits per heavy atom. The molecule has 0 radical (unpaired) electrons. The number of carbonyl (C=O) groups is 1. The molecule has 0 spiro atoms. The van der Waals surface area contributed by atoms with E-state index in [1.807, 2.05) is 25.1 Å². The fraction of sp³-hybridized carbons (Fsp3) is 0.143. The van der Waals surface area contributed by atoms with E-state index in [2.05, 4.69) is 4.98 Å². The molecule has 3 heteroatoms. The maximum Gasteiger partial charge on any atom is 0.167 e. The highest BCUT2D eigenvalue weighted by atomic mass is 35.5. The molecule has 0 fully saturated rings. The van der Waals surface area contributed by atoms with Gasteiger partial charge in [-0.2, -0.15) is 0 Å². The van der Waals surface area contributed by atoms with E-state index >= 15 is 0 Å². The fourth-order valence-electron chi connectivity index (χ4n) is 1.69. The van der Waals surface area contributed by atoms with Gasteiger partial charge in [-0.3, -0.25) is 9.78 Å². The summed E-state index contributed by atoms with van der Waals surface area (Å²) in [6.07, 6.45) is 3.75. The number of carbonyl (C=O) groups excluding carboxylic acids is 1. The lowest BCUT2D eigenvalue weighted by atomic mass is 10.00. The van der Waals surface area contributed by atoms with Crippen LogP contribution in [0.5, 0.6) is 0 Å². The van der Waals surface area contributed by atoms with Gasteiger partial charge in [0.25, 0.3) is 0 Å². The zero-order valence-electron chi connectivity index (χ0n) is 9.48. The number of rotatable bonds is 3. The molecule has 2 nitrogen and oxygen atoms in total. The van der Waals surface area contributed by atoms with Gasteiger partial charge in [0.05, 0.1) is 0 Å². The van der Waals surface area contributed by atoms with Crippen LogP contribution in [-0.4, -0.2) is 10.8 Å². The van der Waals surface area contributed by atoms with Crippen LogP contribution in [0.2, 0.25) is 5.02 Å². The van der Waals surface area contributed by atoms with Crippen LogP contribution in [0, 0.1) is 6.92 Å². The molecule has 0 saturated carbocycles. The summed E-state index contributed by atoms with van der Waals surface area (Å²) in [5.41, 5.74) is 2.49. The van der Waals surface area contributed by atoms with Crippen molar-refractivity contribution in [1.82, 2.24) is 4.98 Å². The van der Waals surface area contributed by atoms with E-state index in [0.29, 0.717) is 17.0 Å². The second-order valence-corrected chi connectivity index (χ2v) is 4.28. The number of pyridine rings is 1. The monoisotopic (exact) mass is 245 g/mol. The number of hydrogen-bond acceptors (Lipinski definition) is 2. The number of Topliss-reactive ketones (excluding diaryl/α,β-unsaturated/α-hetero) is 1. The van der Waals surface area contributed by atoms with Gasteiger partial charge in [-0.05, 0) is 36.2 Å². The molecule has 0 amide bonds. The van der Waals surface area contributed by atoms with Crippen molar-refractivity contribution in [2.24, 2.45) is 0 Å². The van der Waals surface area contributed by atoms with Gasteiger partial charge in [0.15, 0.2) is 5.78 Å². The largest absolute Gasteiger partial charge is 0.294 e. The molecular formula is C14H12ClNO. The van der Waals surface area contributed by atoms with Gasteiger partial charge >= 0.3 is 0 Å². The average molecular weight is 246 g/mol. The van der Waals surface area contributed by atoms with Crippen LogP contribution in [0.25, 0.3) is 0 Å². The second-order valence-electron chi connectivity index (χ2n) is 3.87. The number of ketones is 1. The quantitative estimate of drug-likeness (QED) is 0.775. The molecule has 0 N–H and O–H groups in total. The third kappa shape index (κ3) is 2.71. The zero-order valence-corrected chi connectivity index (χ0v) is 10.2. The summed E-state index contributed by atoms with van der Waals surface area (Å²) >= 11 is 6.00. The Morgan fingerprint density at radius 1 is 1.24 bits per heavy atom. The summed E-state index contributed by atoms with van der Waals surface area (Å²) in [6.45, 7) is 1.86. The number of halogens is 1. The van der Waals surface area contributed by atoms with E-state index in [9.17, 15) is 4.79 Å². The van der Waals surface area contributed by atoms with Crippen LogP contribution in [0.1, 0.15) is 21.5 Å². The van der Waals surface area contributed by atoms with Crippen molar-refractivity contribution in [2.75, 3.05) is 0 Å². The predicted octanol–water partition coefficient (Wildman–Crippen LogP) is 3.47. The highest BCUT2D eigenvalue weighted by molar-refractivity contribution is 6.31. The lowest BCUT2D eigenvalue weighted by Gasteiger charge is -2.06. The predicted molar refractivity (Wildman–Crippen MR) is 68.5 cm³/mol. The van der Waals surface area contributed by atoms with Gasteiger partial charge in [-0.1, -0.05) is 23.7 Å². The maximum absolute atomic E-state index is 12.1. The Labute approximate surface area is 105 Å². The maximum atomic E-state index is 12.1. The van der Waals surface area contributed by atoms with Gasteiger partial charge in [-0.25, -0.2) is 0 Å². The van der Waals surface area contributed by atoms with Crippen molar-refractivity contribution in [3.8, 4) is 0 Å². The summed E-state index contributed by atoms with van der Waals surface area (Å²) in [6, 6.07) is 9.09. The first-order valence-electron chi connectivity index (χ1n) is 5.35. The standard InChI is InChI=1S/C14H12ClNO/c1-10-12(3-2-4-13(10)15)14(17)9-11-5-7-16-8-6-11/h2-8H,9H2,1H3. The Balaban J connectivity index is 2.24. The summed E-state index contributed by atoms with van der Waals surface area (Å²) in [5.74, 6) is 0.0798. The Kier molecular flexibility index (Phi) is 3.55. The molecule has 0 atom stereocenters. The minimum absolute atomic E-state index is 0.0798. The Hall–Kier alpha value is -1.67. The first-order valence-corrected chi connectivity index (χ1v) is 5.73. The number of nitrogens with zero attached hydrogens (tertiary/aromatic N) is 1. The smallest absolute Gasteiger partial charge is 0.167 e. The van der Waals surface area contributed by atoms with E-state index in [0.717, 1.165) is 11.1 Å². The van der Waals surface area contributed by atoms with Crippen molar-refractivity contribution in [1.29, 1.82) is 0 Å². The zero-order chi connectivity index (χ0) is 12.3. The molecular weight excluding hydrogens is 234 g/mol. The minimum Gasteiger partial charge on any atom is -0.294 e. The van der Waals surface area contributed by atoms with E-state index in [1.165, 1.54) is 0 Å². The third-order valence-electron chi connectivity index (χ3n) is 2.68. The van der Waals surface area contributed by atoms with Gasteiger partial charge in [0.1, 0.15) is 0 Å². The lowest BCUT2D eigenvalue weighted by molar-refractivity contribution is 0.0992. The molecule has 17 heavy (non-hydrogen) atoms. The first kappa shape index (κ1) is 11.8. The van der Waals surface area contributed by atoms with Gasteiger partial charge < -0.3 is 0 Å². The highest BCUT2D eigenvalue weighted by Gasteiger charge is 2.11. The van der Waals surface area contributed by atoms with Crippen molar-refractivity contribution in [3.63, 3.8) is 0 Å². The number of benzene rings is 1. The molecule has 0 aliphatic carbocycles. The molecule has 2 rings (SSSR count). The van der Waals surface area contributed by atoms with Gasteiger partial charge in [0.2, 0.25) is 0 Å². The first-order chi connectivity index (χ1) is 8.18. The number of aromatic nitrogens is 1. The van der Waals surface area contributed by atoms with Crippen LogP contribution in [0.15, 0.2) is 42.7 Å². The molecule has 0 unspecified atom stereocenters. The molecule has 0 aliphatic rings.